The average molecular weight is 471 g/mol. The van der Waals surface area contributed by atoms with Crippen molar-refractivity contribution in [1.29, 1.82) is 0 Å². The van der Waals surface area contributed by atoms with Crippen molar-refractivity contribution in [2.24, 2.45) is 0 Å². The predicted molar refractivity (Wildman–Crippen MR) is 157 cm³/mol. The molecule has 0 N–H and O–H groups in total. The van der Waals surface area contributed by atoms with Crippen molar-refractivity contribution in [3.05, 3.63) is 133 Å². The second-order valence-corrected chi connectivity index (χ2v) is 9.68. The molecule has 0 atom stereocenters. The van der Waals surface area contributed by atoms with Crippen LogP contribution in [0, 0.1) is 0 Å². The van der Waals surface area contributed by atoms with Crippen molar-refractivity contribution < 1.29 is 4.42 Å². The molecular formula is C36H22O. The summed E-state index contributed by atoms with van der Waals surface area (Å²) in [5.41, 5.74) is 6.68. The zero-order valence-corrected chi connectivity index (χ0v) is 20.1. The molecule has 0 bridgehead atoms. The summed E-state index contributed by atoms with van der Waals surface area (Å²) in [7, 11) is 0. The Kier molecular flexibility index (Phi) is 4.29. The van der Waals surface area contributed by atoms with Crippen molar-refractivity contribution in [3.8, 4) is 22.3 Å². The maximum Gasteiger partial charge on any atom is 0.143 e. The van der Waals surface area contributed by atoms with Gasteiger partial charge < -0.3 is 4.42 Å². The molecule has 0 saturated heterocycles. The van der Waals surface area contributed by atoms with E-state index in [9.17, 15) is 0 Å². The van der Waals surface area contributed by atoms with E-state index in [0.717, 1.165) is 27.5 Å². The van der Waals surface area contributed by atoms with Gasteiger partial charge in [0.05, 0.1) is 0 Å². The van der Waals surface area contributed by atoms with Gasteiger partial charge in [0.25, 0.3) is 0 Å². The minimum Gasteiger partial charge on any atom is -0.455 e. The first kappa shape index (κ1) is 20.3. The molecule has 7 aromatic carbocycles. The Labute approximate surface area is 214 Å². The third-order valence-corrected chi connectivity index (χ3v) is 7.67. The summed E-state index contributed by atoms with van der Waals surface area (Å²) >= 11 is 0. The Hall–Kier alpha value is -4.88. The lowest BCUT2D eigenvalue weighted by atomic mass is 9.92. The second kappa shape index (κ2) is 7.81. The van der Waals surface area contributed by atoms with Gasteiger partial charge in [-0.05, 0) is 67.4 Å². The van der Waals surface area contributed by atoms with E-state index in [-0.39, 0.29) is 0 Å². The molecular weight excluding hydrogens is 448 g/mol. The lowest BCUT2D eigenvalue weighted by molar-refractivity contribution is 0.673. The molecule has 8 aromatic rings. The number of hydrogen-bond acceptors (Lipinski definition) is 1. The van der Waals surface area contributed by atoms with Gasteiger partial charge in [-0.25, -0.2) is 0 Å². The topological polar surface area (TPSA) is 13.1 Å². The highest BCUT2D eigenvalue weighted by atomic mass is 16.3. The molecule has 1 heterocycles. The van der Waals surface area contributed by atoms with E-state index in [4.69, 9.17) is 4.42 Å². The van der Waals surface area contributed by atoms with Crippen LogP contribution in [0.5, 0.6) is 0 Å². The van der Waals surface area contributed by atoms with Gasteiger partial charge in [-0.3, -0.25) is 0 Å². The van der Waals surface area contributed by atoms with E-state index >= 15 is 0 Å². The zero-order valence-electron chi connectivity index (χ0n) is 20.1. The Balaban J connectivity index is 1.44. The Morgan fingerprint density at radius 1 is 0.351 bits per heavy atom. The van der Waals surface area contributed by atoms with Crippen molar-refractivity contribution in [1.82, 2.24) is 0 Å². The van der Waals surface area contributed by atoms with Gasteiger partial charge >= 0.3 is 0 Å². The van der Waals surface area contributed by atoms with Crippen molar-refractivity contribution >= 4 is 54.3 Å². The summed E-state index contributed by atoms with van der Waals surface area (Å²) in [5.74, 6) is 0. The summed E-state index contributed by atoms with van der Waals surface area (Å²) in [6.07, 6.45) is 0. The number of fused-ring (bicyclic) bond motifs is 10. The molecule has 0 aliphatic heterocycles. The van der Waals surface area contributed by atoms with E-state index < -0.39 is 0 Å². The Morgan fingerprint density at radius 2 is 0.865 bits per heavy atom. The van der Waals surface area contributed by atoms with Crippen LogP contribution in [0.2, 0.25) is 0 Å². The smallest absolute Gasteiger partial charge is 0.143 e. The van der Waals surface area contributed by atoms with Crippen molar-refractivity contribution in [2.75, 3.05) is 0 Å². The van der Waals surface area contributed by atoms with Gasteiger partial charge in [-0.2, -0.15) is 0 Å². The van der Waals surface area contributed by atoms with E-state index in [1.165, 1.54) is 49.0 Å². The quantitative estimate of drug-likeness (QED) is 0.229. The second-order valence-electron chi connectivity index (χ2n) is 9.68. The molecule has 0 radical (unpaired) electrons. The van der Waals surface area contributed by atoms with Gasteiger partial charge in [0, 0.05) is 16.2 Å². The minimum atomic E-state index is 0.917. The SMILES string of the molecule is c1ccc(-c2ccccc2-c2ccc3c(c2)oc2c3ccc3c4ccccc4c4ccccc4c32)cc1. The van der Waals surface area contributed by atoms with Crippen LogP contribution in [-0.4, -0.2) is 0 Å². The van der Waals surface area contributed by atoms with Gasteiger partial charge in [0.15, 0.2) is 0 Å². The van der Waals surface area contributed by atoms with Gasteiger partial charge in [0.2, 0.25) is 0 Å². The van der Waals surface area contributed by atoms with Crippen molar-refractivity contribution in [2.45, 2.75) is 0 Å². The first-order valence-electron chi connectivity index (χ1n) is 12.7. The normalized spacial score (nSPS) is 11.8. The monoisotopic (exact) mass is 470 g/mol. The molecule has 0 fully saturated rings. The molecule has 1 heteroatoms. The number of benzene rings is 7. The fraction of sp³-hybridized carbons (Fsp3) is 0. The summed E-state index contributed by atoms with van der Waals surface area (Å²) in [5, 5.41) is 9.76. The third kappa shape index (κ3) is 2.98. The minimum absolute atomic E-state index is 0.917. The first-order valence-corrected chi connectivity index (χ1v) is 12.7. The first-order chi connectivity index (χ1) is 18.4. The van der Waals surface area contributed by atoms with Crippen LogP contribution in [-0.2, 0) is 0 Å². The number of rotatable bonds is 2. The fourth-order valence-electron chi connectivity index (χ4n) is 5.99. The molecule has 37 heavy (non-hydrogen) atoms. The highest BCUT2D eigenvalue weighted by molar-refractivity contribution is 6.32. The lowest BCUT2D eigenvalue weighted by Crippen LogP contribution is -1.84. The Bertz CT molecular complexity index is 2100. The number of hydrogen-bond donors (Lipinski definition) is 0. The molecule has 0 unspecified atom stereocenters. The molecule has 0 aliphatic carbocycles. The highest BCUT2D eigenvalue weighted by Crippen LogP contribution is 2.43. The van der Waals surface area contributed by atoms with Gasteiger partial charge in [-0.15, -0.1) is 0 Å². The fourth-order valence-corrected chi connectivity index (χ4v) is 5.99. The molecule has 8 rings (SSSR count). The lowest BCUT2D eigenvalue weighted by Gasteiger charge is -2.10. The van der Waals surface area contributed by atoms with Crippen LogP contribution in [0.25, 0.3) is 76.5 Å². The molecule has 0 aliphatic rings. The van der Waals surface area contributed by atoms with Crippen LogP contribution in [0.4, 0.5) is 0 Å². The van der Waals surface area contributed by atoms with E-state index in [2.05, 4.69) is 133 Å². The van der Waals surface area contributed by atoms with Crippen molar-refractivity contribution in [3.63, 3.8) is 0 Å². The van der Waals surface area contributed by atoms with Crippen LogP contribution in [0.15, 0.2) is 138 Å². The van der Waals surface area contributed by atoms with Crippen LogP contribution in [0.1, 0.15) is 0 Å². The standard InChI is InChI=1S/C36H22O/c1-2-10-23(11-3-1)25-12-4-5-13-26(25)24-18-19-30-33-21-20-32-29-16-7-6-14-27(29)28-15-8-9-17-31(28)35(32)36(33)37-34(30)22-24/h1-22H. The predicted octanol–water partition coefficient (Wildman–Crippen LogP) is 10.4. The van der Waals surface area contributed by atoms with E-state index in [1.807, 2.05) is 0 Å². The molecule has 172 valence electrons. The van der Waals surface area contributed by atoms with Crippen LogP contribution in [0.3, 0.4) is 0 Å². The molecule has 0 spiro atoms. The number of furan rings is 1. The highest BCUT2D eigenvalue weighted by Gasteiger charge is 2.16. The summed E-state index contributed by atoms with van der Waals surface area (Å²) in [6, 6.07) is 47.7. The van der Waals surface area contributed by atoms with Crippen LogP contribution < -0.4 is 0 Å². The molecule has 0 saturated carbocycles. The zero-order chi connectivity index (χ0) is 24.3. The van der Waals surface area contributed by atoms with Gasteiger partial charge in [-0.1, -0.05) is 115 Å². The van der Waals surface area contributed by atoms with Gasteiger partial charge in [0.1, 0.15) is 11.2 Å². The van der Waals surface area contributed by atoms with E-state index in [0.29, 0.717) is 0 Å². The Morgan fingerprint density at radius 3 is 1.59 bits per heavy atom. The summed E-state index contributed by atoms with van der Waals surface area (Å²) < 4.78 is 6.73. The summed E-state index contributed by atoms with van der Waals surface area (Å²) in [4.78, 5) is 0. The maximum absolute atomic E-state index is 6.73. The van der Waals surface area contributed by atoms with Crippen LogP contribution >= 0.6 is 0 Å². The molecule has 1 aromatic heterocycles. The summed E-state index contributed by atoms with van der Waals surface area (Å²) in [6.45, 7) is 0. The van der Waals surface area contributed by atoms with E-state index in [1.54, 1.807) is 0 Å². The molecule has 0 amide bonds. The molecule has 1 nitrogen and oxygen atoms in total. The largest absolute Gasteiger partial charge is 0.455 e. The third-order valence-electron chi connectivity index (χ3n) is 7.67. The average Bonchev–Trinajstić information content (AvgIpc) is 3.35. The maximum atomic E-state index is 6.73.